The first-order chi connectivity index (χ1) is 10.9. The van der Waals surface area contributed by atoms with Crippen molar-refractivity contribution in [3.63, 3.8) is 0 Å². The maximum absolute atomic E-state index is 5.36. The molecule has 1 aliphatic carbocycles. The zero-order chi connectivity index (χ0) is 14.8. The van der Waals surface area contributed by atoms with Crippen LogP contribution in [0, 0.1) is 0 Å². The van der Waals surface area contributed by atoms with E-state index in [0.29, 0.717) is 5.92 Å². The fraction of sp³-hybridized carbons (Fsp3) is 0.600. The summed E-state index contributed by atoms with van der Waals surface area (Å²) in [7, 11) is 0. The zero-order valence-electron chi connectivity index (χ0n) is 12.6. The molecule has 1 saturated carbocycles. The number of hydrogen-bond acceptors (Lipinski definition) is 7. The molecule has 22 heavy (non-hydrogen) atoms. The summed E-state index contributed by atoms with van der Waals surface area (Å²) in [5.74, 6) is 2.21. The summed E-state index contributed by atoms with van der Waals surface area (Å²) in [6.07, 6.45) is 7.71. The fourth-order valence-electron chi connectivity index (χ4n) is 2.78. The first-order valence-electron chi connectivity index (χ1n) is 7.89. The Balaban J connectivity index is 1.26. The molecule has 2 aromatic heterocycles. The normalized spacial score (nSPS) is 20.4. The second-order valence-corrected chi connectivity index (χ2v) is 6.07. The van der Waals surface area contributed by atoms with Gasteiger partial charge in [0.2, 0.25) is 5.89 Å². The van der Waals surface area contributed by atoms with Gasteiger partial charge in [0, 0.05) is 57.2 Å². The quantitative estimate of drug-likeness (QED) is 0.817. The Morgan fingerprint density at radius 2 is 1.82 bits per heavy atom. The largest absolute Gasteiger partial charge is 0.338 e. The molecule has 0 unspecified atom stereocenters. The molecule has 4 rings (SSSR count). The van der Waals surface area contributed by atoms with Crippen molar-refractivity contribution < 1.29 is 4.52 Å². The highest BCUT2D eigenvalue weighted by Crippen LogP contribution is 2.38. The van der Waals surface area contributed by atoms with Gasteiger partial charge >= 0.3 is 0 Å². The molecule has 7 heteroatoms. The van der Waals surface area contributed by atoms with Crippen LogP contribution in [0.5, 0.6) is 0 Å². The molecule has 2 aliphatic rings. The lowest BCUT2D eigenvalue weighted by atomic mass is 10.3. The van der Waals surface area contributed by atoms with Gasteiger partial charge in [0.1, 0.15) is 0 Å². The van der Waals surface area contributed by atoms with Crippen molar-refractivity contribution in [2.75, 3.05) is 26.2 Å². The highest BCUT2D eigenvalue weighted by Gasteiger charge is 2.29. The molecule has 0 N–H and O–H groups in total. The van der Waals surface area contributed by atoms with Crippen molar-refractivity contribution in [3.8, 4) is 0 Å². The van der Waals surface area contributed by atoms with Crippen LogP contribution in [0.25, 0.3) is 0 Å². The van der Waals surface area contributed by atoms with E-state index in [9.17, 15) is 0 Å². The molecule has 2 aromatic rings. The number of aromatic nitrogens is 4. The molecule has 0 bridgehead atoms. The maximum Gasteiger partial charge on any atom is 0.240 e. The van der Waals surface area contributed by atoms with Gasteiger partial charge in [-0.15, -0.1) is 0 Å². The molecule has 1 aliphatic heterocycles. The second kappa shape index (κ2) is 6.10. The van der Waals surface area contributed by atoms with E-state index in [2.05, 4.69) is 29.9 Å². The van der Waals surface area contributed by atoms with E-state index in [1.807, 2.05) is 6.20 Å². The standard InChI is InChI=1S/C15H20N6O/c1-2-12(1)15-18-14(22-19-15)11-21-7-5-20(6-8-21)10-13-9-16-3-4-17-13/h3-4,9,12H,1-2,5-8,10-11H2. The Hall–Kier alpha value is -1.86. The zero-order valence-corrected chi connectivity index (χ0v) is 12.6. The lowest BCUT2D eigenvalue weighted by Crippen LogP contribution is -2.45. The smallest absolute Gasteiger partial charge is 0.240 e. The van der Waals surface area contributed by atoms with Gasteiger partial charge in [-0.25, -0.2) is 0 Å². The molecule has 0 atom stereocenters. The molecule has 0 aromatic carbocycles. The third-order valence-corrected chi connectivity index (χ3v) is 4.25. The van der Waals surface area contributed by atoms with Crippen LogP contribution in [0.1, 0.15) is 36.2 Å². The molecule has 1 saturated heterocycles. The van der Waals surface area contributed by atoms with Gasteiger partial charge in [-0.2, -0.15) is 4.98 Å². The second-order valence-electron chi connectivity index (χ2n) is 6.07. The van der Waals surface area contributed by atoms with Crippen LogP contribution < -0.4 is 0 Å². The Kier molecular flexibility index (Phi) is 3.82. The average Bonchev–Trinajstić information content (AvgIpc) is 3.30. The van der Waals surface area contributed by atoms with Crippen molar-refractivity contribution in [1.29, 1.82) is 0 Å². The SMILES string of the molecule is c1cnc(CN2CCN(Cc3nc(C4CC4)no3)CC2)cn1. The lowest BCUT2D eigenvalue weighted by Gasteiger charge is -2.33. The van der Waals surface area contributed by atoms with Crippen LogP contribution in [-0.2, 0) is 13.1 Å². The summed E-state index contributed by atoms with van der Waals surface area (Å²) in [6, 6.07) is 0. The van der Waals surface area contributed by atoms with Gasteiger partial charge in [0.25, 0.3) is 0 Å². The van der Waals surface area contributed by atoms with Crippen LogP contribution >= 0.6 is 0 Å². The highest BCUT2D eigenvalue weighted by atomic mass is 16.5. The van der Waals surface area contributed by atoms with Gasteiger partial charge in [0.05, 0.1) is 12.2 Å². The minimum atomic E-state index is 0.557. The lowest BCUT2D eigenvalue weighted by molar-refractivity contribution is 0.111. The van der Waals surface area contributed by atoms with E-state index < -0.39 is 0 Å². The Morgan fingerprint density at radius 3 is 2.50 bits per heavy atom. The Morgan fingerprint density at radius 1 is 1.05 bits per heavy atom. The Labute approximate surface area is 129 Å². The molecule has 7 nitrogen and oxygen atoms in total. The van der Waals surface area contributed by atoms with Crippen molar-refractivity contribution in [3.05, 3.63) is 36.0 Å². The summed E-state index contributed by atoms with van der Waals surface area (Å²) >= 11 is 0. The predicted molar refractivity (Wildman–Crippen MR) is 78.9 cm³/mol. The van der Waals surface area contributed by atoms with E-state index in [1.54, 1.807) is 12.4 Å². The van der Waals surface area contributed by atoms with Crippen LogP contribution in [0.15, 0.2) is 23.1 Å². The van der Waals surface area contributed by atoms with Crippen molar-refractivity contribution in [1.82, 2.24) is 29.9 Å². The van der Waals surface area contributed by atoms with E-state index >= 15 is 0 Å². The predicted octanol–water partition coefficient (Wildman–Crippen LogP) is 1.05. The monoisotopic (exact) mass is 300 g/mol. The minimum Gasteiger partial charge on any atom is -0.338 e. The van der Waals surface area contributed by atoms with Crippen molar-refractivity contribution in [2.24, 2.45) is 0 Å². The summed E-state index contributed by atoms with van der Waals surface area (Å²) in [6.45, 7) is 5.72. The number of piperazine rings is 1. The topological polar surface area (TPSA) is 71.2 Å². The van der Waals surface area contributed by atoms with Gasteiger partial charge in [0.15, 0.2) is 5.82 Å². The van der Waals surface area contributed by atoms with Gasteiger partial charge in [-0.3, -0.25) is 19.8 Å². The van der Waals surface area contributed by atoms with Crippen molar-refractivity contribution in [2.45, 2.75) is 31.8 Å². The third kappa shape index (κ3) is 3.31. The molecule has 0 spiro atoms. The summed E-state index contributed by atoms with van der Waals surface area (Å²) < 4.78 is 5.36. The Bertz CT molecular complexity index is 604. The van der Waals surface area contributed by atoms with Crippen LogP contribution in [-0.4, -0.2) is 56.1 Å². The van der Waals surface area contributed by atoms with Gasteiger partial charge < -0.3 is 4.52 Å². The molecular weight excluding hydrogens is 280 g/mol. The highest BCUT2D eigenvalue weighted by molar-refractivity contribution is 5.03. The third-order valence-electron chi connectivity index (χ3n) is 4.25. The average molecular weight is 300 g/mol. The number of rotatable bonds is 5. The maximum atomic E-state index is 5.36. The van der Waals surface area contributed by atoms with E-state index in [-0.39, 0.29) is 0 Å². The molecule has 116 valence electrons. The molecule has 3 heterocycles. The van der Waals surface area contributed by atoms with Crippen LogP contribution in [0.4, 0.5) is 0 Å². The van der Waals surface area contributed by atoms with E-state index in [4.69, 9.17) is 4.52 Å². The summed E-state index contributed by atoms with van der Waals surface area (Å²) in [5, 5.41) is 4.08. The number of hydrogen-bond donors (Lipinski definition) is 0. The molecular formula is C15H20N6O. The fourth-order valence-corrected chi connectivity index (χ4v) is 2.78. The van der Waals surface area contributed by atoms with E-state index in [0.717, 1.165) is 56.7 Å². The van der Waals surface area contributed by atoms with E-state index in [1.165, 1.54) is 12.8 Å². The minimum absolute atomic E-state index is 0.557. The van der Waals surface area contributed by atoms with Gasteiger partial charge in [-0.1, -0.05) is 5.16 Å². The first-order valence-corrected chi connectivity index (χ1v) is 7.89. The van der Waals surface area contributed by atoms with Crippen LogP contribution in [0.3, 0.4) is 0 Å². The molecule has 0 radical (unpaired) electrons. The van der Waals surface area contributed by atoms with Gasteiger partial charge in [-0.05, 0) is 12.8 Å². The summed E-state index contributed by atoms with van der Waals surface area (Å²) in [4.78, 5) is 17.7. The summed E-state index contributed by atoms with van der Waals surface area (Å²) in [5.41, 5.74) is 1.03. The van der Waals surface area contributed by atoms with Crippen LogP contribution in [0.2, 0.25) is 0 Å². The molecule has 0 amide bonds. The first kappa shape index (κ1) is 13.8. The number of nitrogens with zero attached hydrogens (tertiary/aromatic N) is 6. The molecule has 2 fully saturated rings. The van der Waals surface area contributed by atoms with Crippen molar-refractivity contribution >= 4 is 0 Å².